The minimum absolute atomic E-state index is 0.155. The quantitative estimate of drug-likeness (QED) is 0.233. The van der Waals surface area contributed by atoms with Crippen molar-refractivity contribution in [3.05, 3.63) is 120 Å². The van der Waals surface area contributed by atoms with Crippen LogP contribution in [0, 0.1) is 13.8 Å². The summed E-state index contributed by atoms with van der Waals surface area (Å²) in [6, 6.07) is 17.1. The fraction of sp³-hybridized carbons (Fsp3) is 0.222. The molecule has 0 fully saturated rings. The van der Waals surface area contributed by atoms with E-state index in [-0.39, 0.29) is 23.3 Å². The van der Waals surface area contributed by atoms with Gasteiger partial charge in [0, 0.05) is 22.6 Å². The maximum absolute atomic E-state index is 14.4. The molecule has 0 aliphatic carbocycles. The molecule has 0 unspecified atom stereocenters. The number of nitrogens with zero attached hydrogens (tertiary/aromatic N) is 3. The van der Waals surface area contributed by atoms with Gasteiger partial charge in [0.25, 0.3) is 5.56 Å². The number of benzene rings is 3. The molecular weight excluding hydrogens is 618 g/mol. The van der Waals surface area contributed by atoms with E-state index in [1.165, 1.54) is 11.3 Å². The molecule has 0 saturated carbocycles. The first-order chi connectivity index (χ1) is 22.6. The number of ether oxygens (including phenoxy) is 3. The number of carbonyl (C=O) groups is 2. The van der Waals surface area contributed by atoms with Gasteiger partial charge in [-0.3, -0.25) is 9.36 Å². The van der Waals surface area contributed by atoms with Crippen molar-refractivity contribution in [3.8, 4) is 17.2 Å². The van der Waals surface area contributed by atoms with Crippen LogP contribution in [0.2, 0.25) is 0 Å². The molecule has 1 N–H and O–H groups in total. The number of aromatic carboxylic acids is 1. The average molecular weight is 652 g/mol. The molecular formula is C36H33N3O7S. The van der Waals surface area contributed by atoms with Crippen LogP contribution in [0.1, 0.15) is 52.8 Å². The molecule has 6 rings (SSSR count). The van der Waals surface area contributed by atoms with Gasteiger partial charge in [0.15, 0.2) is 4.80 Å². The number of carboxylic acid groups (broad SMARTS) is 1. The lowest BCUT2D eigenvalue weighted by molar-refractivity contribution is -0.139. The second-order valence-electron chi connectivity index (χ2n) is 11.1. The number of allylic oxidation sites excluding steroid dienone is 1. The highest BCUT2D eigenvalue weighted by Crippen LogP contribution is 2.41. The number of carboxylic acids is 1. The molecule has 0 saturated heterocycles. The molecule has 10 nitrogen and oxygen atoms in total. The van der Waals surface area contributed by atoms with Crippen LogP contribution in [0.4, 0.5) is 0 Å². The number of aromatic nitrogens is 2. The number of hydrogen-bond acceptors (Lipinski definition) is 8. The third-order valence-corrected chi connectivity index (χ3v) is 9.35. The van der Waals surface area contributed by atoms with Crippen LogP contribution in [0.15, 0.2) is 81.7 Å². The van der Waals surface area contributed by atoms with Gasteiger partial charge in [-0.15, -0.1) is 0 Å². The Morgan fingerprint density at radius 2 is 1.72 bits per heavy atom. The number of thiazole rings is 1. The van der Waals surface area contributed by atoms with Gasteiger partial charge >= 0.3 is 11.9 Å². The topological polar surface area (TPSA) is 121 Å². The number of methoxy groups -OCH3 is 2. The molecule has 0 radical (unpaired) electrons. The van der Waals surface area contributed by atoms with Crippen LogP contribution in [0.3, 0.4) is 0 Å². The number of hydrogen-bond donors (Lipinski definition) is 1. The molecule has 0 bridgehead atoms. The van der Waals surface area contributed by atoms with Gasteiger partial charge in [0.05, 0.1) is 42.2 Å². The smallest absolute Gasteiger partial charge is 0.338 e. The number of aryl methyl sites for hydroxylation is 1. The Balaban J connectivity index is 1.59. The summed E-state index contributed by atoms with van der Waals surface area (Å²) in [5.74, 6) is -0.439. The Morgan fingerprint density at radius 3 is 2.38 bits per heavy atom. The Kier molecular flexibility index (Phi) is 8.33. The maximum Gasteiger partial charge on any atom is 0.338 e. The number of rotatable bonds is 8. The largest absolute Gasteiger partial charge is 0.497 e. The number of fused-ring (bicyclic) bond motifs is 2. The molecule has 0 amide bonds. The van der Waals surface area contributed by atoms with Crippen molar-refractivity contribution in [1.82, 2.24) is 9.13 Å². The zero-order valence-electron chi connectivity index (χ0n) is 26.8. The van der Waals surface area contributed by atoms with E-state index >= 15 is 0 Å². The Labute approximate surface area is 274 Å². The third-order valence-electron chi connectivity index (χ3n) is 8.37. The molecule has 1 aliphatic heterocycles. The van der Waals surface area contributed by atoms with E-state index in [9.17, 15) is 19.5 Å². The summed E-state index contributed by atoms with van der Waals surface area (Å²) in [5.41, 5.74) is 4.62. The van der Waals surface area contributed by atoms with Crippen LogP contribution in [-0.2, 0) is 9.53 Å². The lowest BCUT2D eigenvalue weighted by atomic mass is 9.90. The second kappa shape index (κ2) is 12.4. The van der Waals surface area contributed by atoms with E-state index in [1.54, 1.807) is 56.9 Å². The predicted octanol–water partition coefficient (Wildman–Crippen LogP) is 5.07. The zero-order chi connectivity index (χ0) is 33.6. The van der Waals surface area contributed by atoms with Crippen molar-refractivity contribution in [2.75, 3.05) is 20.8 Å². The standard InChI is InChI=1S/C36H33N3O7S/c1-7-46-35(43)30-20(3)37-36-39(32(30)31-27-18-26(44-5)14-10-22(27)11-15-28(31)45-6)33(40)29(47-36)17-24-16-19(2)38(21(24)4)25-12-8-23(9-13-25)34(41)42/h8-18,32H,7H2,1-6H3,(H,41,42)/b29-17-/t32-/m1/s1. The summed E-state index contributed by atoms with van der Waals surface area (Å²) >= 11 is 1.24. The molecule has 2 aromatic heterocycles. The highest BCUT2D eigenvalue weighted by atomic mass is 32.1. The average Bonchev–Trinajstić information content (AvgIpc) is 3.52. The fourth-order valence-corrected chi connectivity index (χ4v) is 7.22. The highest BCUT2D eigenvalue weighted by Gasteiger charge is 2.36. The van der Waals surface area contributed by atoms with Gasteiger partial charge in [0.1, 0.15) is 17.5 Å². The first kappa shape index (κ1) is 31.6. The van der Waals surface area contributed by atoms with E-state index in [1.807, 2.05) is 60.9 Å². The van der Waals surface area contributed by atoms with Crippen LogP contribution in [0.25, 0.3) is 22.5 Å². The molecule has 1 aliphatic rings. The number of esters is 1. The van der Waals surface area contributed by atoms with Gasteiger partial charge < -0.3 is 23.9 Å². The van der Waals surface area contributed by atoms with Gasteiger partial charge in [-0.25, -0.2) is 14.6 Å². The summed E-state index contributed by atoms with van der Waals surface area (Å²) in [5, 5.41) is 11.0. The van der Waals surface area contributed by atoms with Crippen molar-refractivity contribution < 1.29 is 28.9 Å². The molecule has 1 atom stereocenters. The van der Waals surface area contributed by atoms with E-state index in [2.05, 4.69) is 0 Å². The van der Waals surface area contributed by atoms with E-state index in [0.29, 0.717) is 32.1 Å². The van der Waals surface area contributed by atoms with Crippen molar-refractivity contribution in [2.24, 2.45) is 4.99 Å². The molecule has 3 heterocycles. The lowest BCUT2D eigenvalue weighted by Crippen LogP contribution is -2.40. The van der Waals surface area contributed by atoms with E-state index in [4.69, 9.17) is 19.2 Å². The molecule has 5 aromatic rings. The minimum Gasteiger partial charge on any atom is -0.497 e. The third kappa shape index (κ3) is 5.42. The molecule has 0 spiro atoms. The van der Waals surface area contributed by atoms with Gasteiger partial charge in [-0.05, 0) is 98.6 Å². The van der Waals surface area contributed by atoms with Crippen LogP contribution in [-0.4, -0.2) is 47.0 Å². The SMILES string of the molecule is CCOC(=O)C1=C(C)N=c2s/c(=C\c3cc(C)n(-c4ccc(C(=O)O)cc4)c3C)c(=O)n2[C@H]1c1c(OC)ccc2ccc(OC)cc12. The summed E-state index contributed by atoms with van der Waals surface area (Å²) in [6.45, 7) is 7.53. The summed E-state index contributed by atoms with van der Waals surface area (Å²) in [6.07, 6.45) is 1.83. The first-order valence-electron chi connectivity index (χ1n) is 14.9. The minimum atomic E-state index is -0.992. The fourth-order valence-electron chi connectivity index (χ4n) is 6.18. The van der Waals surface area contributed by atoms with Gasteiger partial charge in [0.2, 0.25) is 0 Å². The zero-order valence-corrected chi connectivity index (χ0v) is 27.6. The van der Waals surface area contributed by atoms with E-state index < -0.39 is 18.0 Å². The van der Waals surface area contributed by atoms with Crippen molar-refractivity contribution in [2.45, 2.75) is 33.7 Å². The molecule has 11 heteroatoms. The highest BCUT2D eigenvalue weighted by molar-refractivity contribution is 7.07. The molecule has 240 valence electrons. The van der Waals surface area contributed by atoms with Crippen LogP contribution < -0.4 is 24.4 Å². The first-order valence-corrected chi connectivity index (χ1v) is 15.8. The summed E-state index contributed by atoms with van der Waals surface area (Å²) in [7, 11) is 3.14. The van der Waals surface area contributed by atoms with Crippen molar-refractivity contribution in [1.29, 1.82) is 0 Å². The van der Waals surface area contributed by atoms with Crippen LogP contribution in [0.5, 0.6) is 11.5 Å². The van der Waals surface area contributed by atoms with Crippen molar-refractivity contribution >= 4 is 40.1 Å². The van der Waals surface area contributed by atoms with Crippen molar-refractivity contribution in [3.63, 3.8) is 0 Å². The van der Waals surface area contributed by atoms with E-state index in [0.717, 1.165) is 33.4 Å². The Bertz CT molecular complexity index is 2290. The normalized spacial score (nSPS) is 14.6. The van der Waals surface area contributed by atoms with Crippen LogP contribution >= 0.6 is 11.3 Å². The maximum atomic E-state index is 14.4. The summed E-state index contributed by atoms with van der Waals surface area (Å²) < 4.78 is 20.9. The predicted molar refractivity (Wildman–Crippen MR) is 180 cm³/mol. The molecule has 3 aromatic carbocycles. The monoisotopic (exact) mass is 651 g/mol. The van der Waals surface area contributed by atoms with Gasteiger partial charge in [-0.1, -0.05) is 23.5 Å². The number of carbonyl (C=O) groups excluding carboxylic acids is 1. The lowest BCUT2D eigenvalue weighted by Gasteiger charge is -2.27. The van der Waals surface area contributed by atoms with Gasteiger partial charge in [-0.2, -0.15) is 0 Å². The summed E-state index contributed by atoms with van der Waals surface area (Å²) in [4.78, 5) is 44.6. The second-order valence-corrected chi connectivity index (χ2v) is 12.1. The Morgan fingerprint density at radius 1 is 1.00 bits per heavy atom. The Hall–Kier alpha value is -5.42. The molecule has 47 heavy (non-hydrogen) atoms.